The Morgan fingerprint density at radius 1 is 0.719 bits per heavy atom. The van der Waals surface area contributed by atoms with Gasteiger partial charge in [0.2, 0.25) is 0 Å². The molecule has 0 amide bonds. The van der Waals surface area contributed by atoms with Gasteiger partial charge in [-0.1, -0.05) is 24.3 Å². The van der Waals surface area contributed by atoms with Crippen LogP contribution in [0.2, 0.25) is 0 Å². The van der Waals surface area contributed by atoms with Gasteiger partial charge in [-0.05, 0) is 83.1 Å². The van der Waals surface area contributed by atoms with E-state index in [2.05, 4.69) is 0 Å². The number of hydrogen-bond donors (Lipinski definition) is 2. The van der Waals surface area contributed by atoms with E-state index in [1.54, 1.807) is 48.5 Å². The minimum Gasteiger partial charge on any atom is -0.486 e. The fourth-order valence-electron chi connectivity index (χ4n) is 3.34. The van der Waals surface area contributed by atoms with Gasteiger partial charge in [-0.3, -0.25) is 0 Å². The Balaban J connectivity index is 1.45. The molecule has 0 aliphatic rings. The number of carboxylic acids is 2. The van der Waals surface area contributed by atoms with Gasteiger partial charge < -0.3 is 19.7 Å². The van der Waals surface area contributed by atoms with E-state index in [9.17, 15) is 9.59 Å². The van der Waals surface area contributed by atoms with E-state index >= 15 is 0 Å². The van der Waals surface area contributed by atoms with Gasteiger partial charge in [0.25, 0.3) is 0 Å². The first-order chi connectivity index (χ1) is 15.4. The topological polar surface area (TPSA) is 93.1 Å². The molecule has 0 aromatic heterocycles. The second kappa shape index (κ2) is 8.81. The molecule has 4 rings (SSSR count). The van der Waals surface area contributed by atoms with Gasteiger partial charge in [-0.25, -0.2) is 9.59 Å². The molecule has 2 N–H and O–H groups in total. The highest BCUT2D eigenvalue weighted by Crippen LogP contribution is 2.25. The van der Waals surface area contributed by atoms with Gasteiger partial charge in [0.15, 0.2) is 0 Å². The van der Waals surface area contributed by atoms with Crippen molar-refractivity contribution in [2.45, 2.75) is 6.92 Å². The second-order valence-corrected chi connectivity index (χ2v) is 7.20. The van der Waals surface area contributed by atoms with Crippen LogP contribution in [0, 0.1) is 0 Å². The quantitative estimate of drug-likeness (QED) is 0.364. The maximum absolute atomic E-state index is 11.1. The standard InChI is InChI=1S/C26H20O6/c1-2-22(32-24-10-8-17-12-21(26(29)30)6-4-19(17)14-24)15-31-23-9-7-16-11-20(25(27)28)5-3-18(16)13-23/h2-14H,15H2,1H3,(H,27,28)(H,29,30). The third kappa shape index (κ3) is 4.54. The Hall–Kier alpha value is -4.32. The normalized spacial score (nSPS) is 11.5. The Kier molecular flexibility index (Phi) is 5.77. The van der Waals surface area contributed by atoms with Crippen molar-refractivity contribution < 1.29 is 29.3 Å². The number of hydrogen-bond acceptors (Lipinski definition) is 4. The number of benzene rings is 4. The zero-order valence-corrected chi connectivity index (χ0v) is 17.2. The Morgan fingerprint density at radius 2 is 1.19 bits per heavy atom. The Bertz CT molecular complexity index is 1370. The molecule has 0 heterocycles. The van der Waals surface area contributed by atoms with Gasteiger partial charge in [-0.15, -0.1) is 0 Å². The number of fused-ring (bicyclic) bond motifs is 2. The largest absolute Gasteiger partial charge is 0.486 e. The smallest absolute Gasteiger partial charge is 0.335 e. The molecule has 4 aromatic rings. The van der Waals surface area contributed by atoms with Gasteiger partial charge in [-0.2, -0.15) is 0 Å². The summed E-state index contributed by atoms with van der Waals surface area (Å²) in [4.78, 5) is 22.2. The predicted molar refractivity (Wildman–Crippen MR) is 122 cm³/mol. The molecule has 0 unspecified atom stereocenters. The summed E-state index contributed by atoms with van der Waals surface area (Å²) in [7, 11) is 0. The Labute approximate surface area is 183 Å². The molecular weight excluding hydrogens is 408 g/mol. The predicted octanol–water partition coefficient (Wildman–Crippen LogP) is 5.75. The van der Waals surface area contributed by atoms with Crippen molar-refractivity contribution in [2.24, 2.45) is 0 Å². The van der Waals surface area contributed by atoms with Crippen LogP contribution in [0.3, 0.4) is 0 Å². The number of rotatable bonds is 7. The van der Waals surface area contributed by atoms with Crippen LogP contribution in [0.4, 0.5) is 0 Å². The minimum absolute atomic E-state index is 0.213. The second-order valence-electron chi connectivity index (χ2n) is 7.20. The van der Waals surface area contributed by atoms with E-state index in [1.807, 2.05) is 37.3 Å². The highest BCUT2D eigenvalue weighted by Gasteiger charge is 2.08. The van der Waals surface area contributed by atoms with E-state index in [4.69, 9.17) is 19.7 Å². The lowest BCUT2D eigenvalue weighted by Crippen LogP contribution is -2.07. The summed E-state index contributed by atoms with van der Waals surface area (Å²) < 4.78 is 11.8. The van der Waals surface area contributed by atoms with E-state index in [1.165, 1.54) is 0 Å². The Morgan fingerprint density at radius 3 is 1.72 bits per heavy atom. The van der Waals surface area contributed by atoms with Crippen LogP contribution in [0.1, 0.15) is 27.6 Å². The maximum atomic E-state index is 11.1. The molecule has 4 aromatic carbocycles. The third-order valence-corrected chi connectivity index (χ3v) is 5.07. The molecule has 0 aliphatic carbocycles. The highest BCUT2D eigenvalue weighted by molar-refractivity contribution is 5.95. The van der Waals surface area contributed by atoms with Crippen LogP contribution in [0.25, 0.3) is 21.5 Å². The molecule has 0 saturated heterocycles. The van der Waals surface area contributed by atoms with Gasteiger partial charge in [0.05, 0.1) is 11.1 Å². The molecule has 0 radical (unpaired) electrons. The van der Waals surface area contributed by atoms with E-state index < -0.39 is 11.9 Å². The van der Waals surface area contributed by atoms with Gasteiger partial charge in [0, 0.05) is 0 Å². The zero-order valence-electron chi connectivity index (χ0n) is 17.2. The molecule has 0 fully saturated rings. The lowest BCUT2D eigenvalue weighted by molar-refractivity contribution is 0.0686. The van der Waals surface area contributed by atoms with Crippen LogP contribution in [0.5, 0.6) is 11.5 Å². The minimum atomic E-state index is -0.961. The molecule has 0 aliphatic heterocycles. The summed E-state index contributed by atoms with van der Waals surface area (Å²) >= 11 is 0. The molecule has 160 valence electrons. The highest BCUT2D eigenvalue weighted by atomic mass is 16.5. The summed E-state index contributed by atoms with van der Waals surface area (Å²) in [6.07, 6.45) is 1.82. The molecular formula is C26H20O6. The summed E-state index contributed by atoms with van der Waals surface area (Å²) in [5, 5.41) is 21.6. The molecule has 6 nitrogen and oxygen atoms in total. The molecule has 0 spiro atoms. The van der Waals surface area contributed by atoms with Crippen LogP contribution >= 0.6 is 0 Å². The van der Waals surface area contributed by atoms with Crippen LogP contribution < -0.4 is 9.47 Å². The van der Waals surface area contributed by atoms with Crippen molar-refractivity contribution in [3.8, 4) is 11.5 Å². The first-order valence-corrected chi connectivity index (χ1v) is 9.93. The van der Waals surface area contributed by atoms with Gasteiger partial charge >= 0.3 is 11.9 Å². The lowest BCUT2D eigenvalue weighted by Gasteiger charge is -2.13. The maximum Gasteiger partial charge on any atom is 0.335 e. The van der Waals surface area contributed by atoms with Crippen molar-refractivity contribution in [2.75, 3.05) is 6.61 Å². The number of carbonyl (C=O) groups is 2. The molecule has 0 bridgehead atoms. The van der Waals surface area contributed by atoms with E-state index in [0.29, 0.717) is 17.3 Å². The summed E-state index contributed by atoms with van der Waals surface area (Å²) in [6, 6.07) is 20.8. The van der Waals surface area contributed by atoms with Crippen molar-refractivity contribution in [3.05, 3.63) is 95.8 Å². The average Bonchev–Trinajstić information content (AvgIpc) is 2.80. The van der Waals surface area contributed by atoms with E-state index in [-0.39, 0.29) is 17.7 Å². The molecule has 32 heavy (non-hydrogen) atoms. The first-order valence-electron chi connectivity index (χ1n) is 9.93. The zero-order chi connectivity index (χ0) is 22.7. The van der Waals surface area contributed by atoms with Crippen LogP contribution in [-0.2, 0) is 0 Å². The monoisotopic (exact) mass is 428 g/mol. The lowest BCUT2D eigenvalue weighted by atomic mass is 10.1. The number of aromatic carboxylic acids is 2. The van der Waals surface area contributed by atoms with Crippen molar-refractivity contribution in [3.63, 3.8) is 0 Å². The fourth-order valence-corrected chi connectivity index (χ4v) is 3.34. The summed E-state index contributed by atoms with van der Waals surface area (Å²) in [6.45, 7) is 2.07. The van der Waals surface area contributed by atoms with Crippen molar-refractivity contribution in [1.82, 2.24) is 0 Å². The van der Waals surface area contributed by atoms with Crippen molar-refractivity contribution in [1.29, 1.82) is 0 Å². The molecule has 0 atom stereocenters. The summed E-state index contributed by atoms with van der Waals surface area (Å²) in [5.74, 6) is -0.0391. The average molecular weight is 428 g/mol. The number of allylic oxidation sites excluding steroid dienone is 1. The number of ether oxygens (including phenoxy) is 2. The number of carboxylic acid groups (broad SMARTS) is 2. The SMILES string of the molecule is CC=C(COc1ccc2cc(C(=O)O)ccc2c1)Oc1ccc2cc(C(=O)O)ccc2c1. The van der Waals surface area contributed by atoms with Gasteiger partial charge in [0.1, 0.15) is 23.9 Å². The first kappa shape index (κ1) is 20.9. The van der Waals surface area contributed by atoms with E-state index in [0.717, 1.165) is 21.5 Å². The fraction of sp³-hybridized carbons (Fsp3) is 0.0769. The van der Waals surface area contributed by atoms with Crippen LogP contribution in [-0.4, -0.2) is 28.8 Å². The molecule has 6 heteroatoms. The molecule has 0 saturated carbocycles. The van der Waals surface area contributed by atoms with Crippen molar-refractivity contribution >= 4 is 33.5 Å². The summed E-state index contributed by atoms with van der Waals surface area (Å²) in [5.41, 5.74) is 0.480. The van der Waals surface area contributed by atoms with Crippen LogP contribution in [0.15, 0.2) is 84.6 Å². The third-order valence-electron chi connectivity index (χ3n) is 5.07.